The first-order valence-electron chi connectivity index (χ1n) is 6.32. The lowest BCUT2D eigenvalue weighted by Crippen LogP contribution is -2.08. The molecule has 0 spiro atoms. The molecule has 2 nitrogen and oxygen atoms in total. The summed E-state index contributed by atoms with van der Waals surface area (Å²) in [7, 11) is 0. The van der Waals surface area contributed by atoms with Crippen molar-refractivity contribution in [2.75, 3.05) is 0 Å². The van der Waals surface area contributed by atoms with Gasteiger partial charge in [0.1, 0.15) is 0 Å². The summed E-state index contributed by atoms with van der Waals surface area (Å²) in [5.74, 6) is 0.236. The van der Waals surface area contributed by atoms with Crippen molar-refractivity contribution in [2.45, 2.75) is 25.7 Å². The van der Waals surface area contributed by atoms with Crippen molar-refractivity contribution in [2.24, 2.45) is 0 Å². The topological polar surface area (TPSA) is 30.0 Å². The second-order valence-corrected chi connectivity index (χ2v) is 4.87. The normalized spacial score (nSPS) is 18.7. The summed E-state index contributed by atoms with van der Waals surface area (Å²) >= 11 is 0. The molecule has 2 heteroatoms. The third-order valence-electron chi connectivity index (χ3n) is 3.53. The molecule has 3 rings (SSSR count). The van der Waals surface area contributed by atoms with Crippen LogP contribution in [0, 0.1) is 0 Å². The summed E-state index contributed by atoms with van der Waals surface area (Å²) in [6.07, 6.45) is 13.3. The Morgan fingerprint density at radius 2 is 1.94 bits per heavy atom. The monoisotopic (exact) mass is 237 g/mol. The number of carbonyl (C=O) groups excluding carboxylic acids is 1. The van der Waals surface area contributed by atoms with Crippen molar-refractivity contribution in [3.8, 4) is 0 Å². The molecule has 0 saturated carbocycles. The van der Waals surface area contributed by atoms with Crippen LogP contribution in [0.1, 0.15) is 24.8 Å². The molecule has 2 aliphatic carbocycles. The number of hydrogen-bond acceptors (Lipinski definition) is 2. The molecule has 18 heavy (non-hydrogen) atoms. The number of allylic oxidation sites excluding steroid dienone is 6. The lowest BCUT2D eigenvalue weighted by Gasteiger charge is -2.20. The van der Waals surface area contributed by atoms with E-state index in [4.69, 9.17) is 0 Å². The lowest BCUT2D eigenvalue weighted by atomic mass is 9.84. The average Bonchev–Trinajstić information content (AvgIpc) is 2.40. The van der Waals surface area contributed by atoms with Crippen molar-refractivity contribution in [1.82, 2.24) is 4.98 Å². The van der Waals surface area contributed by atoms with Gasteiger partial charge < -0.3 is 0 Å². The van der Waals surface area contributed by atoms with Gasteiger partial charge in [-0.05, 0) is 48.6 Å². The summed E-state index contributed by atoms with van der Waals surface area (Å²) in [4.78, 5) is 15.4. The van der Waals surface area contributed by atoms with Crippen LogP contribution >= 0.6 is 0 Å². The van der Waals surface area contributed by atoms with Crippen LogP contribution in [0.4, 0.5) is 0 Å². The summed E-state index contributed by atoms with van der Waals surface area (Å²) in [5, 5.41) is 0. The van der Waals surface area contributed by atoms with Crippen molar-refractivity contribution in [3.05, 3.63) is 65.0 Å². The molecular weight excluding hydrogens is 222 g/mol. The molecule has 1 heterocycles. The van der Waals surface area contributed by atoms with Crippen LogP contribution in [0.5, 0.6) is 0 Å². The summed E-state index contributed by atoms with van der Waals surface area (Å²) in [6.45, 7) is 0. The van der Waals surface area contributed by atoms with Crippen LogP contribution in [-0.2, 0) is 11.2 Å². The zero-order chi connectivity index (χ0) is 12.4. The molecule has 0 bridgehead atoms. The average molecular weight is 237 g/mol. The second-order valence-electron chi connectivity index (χ2n) is 4.87. The van der Waals surface area contributed by atoms with Crippen LogP contribution in [0.25, 0.3) is 0 Å². The number of ketones is 1. The van der Waals surface area contributed by atoms with Gasteiger partial charge in [0.15, 0.2) is 5.78 Å². The summed E-state index contributed by atoms with van der Waals surface area (Å²) in [6, 6.07) is 4.12. The molecule has 0 N–H and O–H groups in total. The fourth-order valence-electron chi connectivity index (χ4n) is 2.56. The molecule has 0 aliphatic heterocycles. The zero-order valence-corrected chi connectivity index (χ0v) is 10.2. The van der Waals surface area contributed by atoms with E-state index in [0.717, 1.165) is 19.3 Å². The zero-order valence-electron chi connectivity index (χ0n) is 10.2. The maximum Gasteiger partial charge on any atom is 0.159 e. The van der Waals surface area contributed by atoms with Gasteiger partial charge in [0.05, 0.1) is 0 Å². The van der Waals surface area contributed by atoms with E-state index in [1.54, 1.807) is 6.08 Å². The van der Waals surface area contributed by atoms with Crippen LogP contribution < -0.4 is 0 Å². The highest BCUT2D eigenvalue weighted by atomic mass is 16.1. The highest BCUT2D eigenvalue weighted by molar-refractivity contribution is 5.94. The maximum atomic E-state index is 11.3. The third kappa shape index (κ3) is 2.33. The van der Waals surface area contributed by atoms with Crippen LogP contribution in [0.3, 0.4) is 0 Å². The van der Waals surface area contributed by atoms with E-state index in [0.29, 0.717) is 6.42 Å². The minimum atomic E-state index is 0.236. The summed E-state index contributed by atoms with van der Waals surface area (Å²) < 4.78 is 0. The van der Waals surface area contributed by atoms with E-state index in [9.17, 15) is 4.79 Å². The van der Waals surface area contributed by atoms with E-state index < -0.39 is 0 Å². The SMILES string of the molecule is O=C1C=CC2=C(CCC(Cc3ccncc3)=C2)C1. The van der Waals surface area contributed by atoms with Gasteiger partial charge in [-0.3, -0.25) is 9.78 Å². The highest BCUT2D eigenvalue weighted by Gasteiger charge is 2.17. The van der Waals surface area contributed by atoms with Crippen molar-refractivity contribution in [3.63, 3.8) is 0 Å². The third-order valence-corrected chi connectivity index (χ3v) is 3.53. The molecule has 0 saturated heterocycles. The van der Waals surface area contributed by atoms with E-state index in [1.807, 2.05) is 18.5 Å². The lowest BCUT2D eigenvalue weighted by molar-refractivity contribution is -0.114. The van der Waals surface area contributed by atoms with Crippen LogP contribution in [0.15, 0.2) is 59.5 Å². The molecule has 0 unspecified atom stereocenters. The predicted molar refractivity (Wildman–Crippen MR) is 71.0 cm³/mol. The Balaban J connectivity index is 1.80. The van der Waals surface area contributed by atoms with Gasteiger partial charge in [0.2, 0.25) is 0 Å². The number of hydrogen-bond donors (Lipinski definition) is 0. The minimum Gasteiger partial charge on any atom is -0.294 e. The Hall–Kier alpha value is -1.96. The molecule has 0 amide bonds. The van der Waals surface area contributed by atoms with Gasteiger partial charge in [-0.15, -0.1) is 0 Å². The first-order chi connectivity index (χ1) is 8.81. The Bertz CT molecular complexity index is 564. The summed E-state index contributed by atoms with van der Waals surface area (Å²) in [5.41, 5.74) is 5.31. The molecule has 1 aromatic heterocycles. The quantitative estimate of drug-likeness (QED) is 0.790. The van der Waals surface area contributed by atoms with E-state index in [-0.39, 0.29) is 5.78 Å². The van der Waals surface area contributed by atoms with Crippen LogP contribution in [0.2, 0.25) is 0 Å². The first-order valence-corrected chi connectivity index (χ1v) is 6.32. The molecule has 2 aliphatic rings. The van der Waals surface area contributed by atoms with Crippen LogP contribution in [-0.4, -0.2) is 10.8 Å². The Labute approximate surface area is 107 Å². The van der Waals surface area contributed by atoms with Gasteiger partial charge in [-0.2, -0.15) is 0 Å². The minimum absolute atomic E-state index is 0.236. The molecule has 0 atom stereocenters. The van der Waals surface area contributed by atoms with Crippen molar-refractivity contribution >= 4 is 5.78 Å². The maximum absolute atomic E-state index is 11.3. The number of nitrogens with zero attached hydrogens (tertiary/aromatic N) is 1. The standard InChI is InChI=1S/C16H15NO/c18-16-4-3-14-10-13(1-2-15(14)11-16)9-12-5-7-17-8-6-12/h3-8,10H,1-2,9,11H2. The number of rotatable bonds is 2. The van der Waals surface area contributed by atoms with E-state index >= 15 is 0 Å². The number of aromatic nitrogens is 1. The second kappa shape index (κ2) is 4.73. The van der Waals surface area contributed by atoms with Gasteiger partial charge in [0.25, 0.3) is 0 Å². The highest BCUT2D eigenvalue weighted by Crippen LogP contribution is 2.31. The Morgan fingerprint density at radius 3 is 2.78 bits per heavy atom. The molecule has 1 aromatic rings. The first kappa shape index (κ1) is 11.1. The largest absolute Gasteiger partial charge is 0.294 e. The Morgan fingerprint density at radius 1 is 1.11 bits per heavy atom. The van der Waals surface area contributed by atoms with Gasteiger partial charge >= 0.3 is 0 Å². The number of carbonyl (C=O) groups is 1. The fraction of sp³-hybridized carbons (Fsp3) is 0.250. The molecular formula is C16H15NO. The van der Waals surface area contributed by atoms with E-state index in [1.165, 1.54) is 22.3 Å². The predicted octanol–water partition coefficient (Wildman–Crippen LogP) is 3.17. The molecule has 0 aromatic carbocycles. The molecule has 0 fully saturated rings. The molecule has 90 valence electrons. The molecule has 0 radical (unpaired) electrons. The Kier molecular flexibility index (Phi) is 2.93. The number of pyridine rings is 1. The fourth-order valence-corrected chi connectivity index (χ4v) is 2.56. The van der Waals surface area contributed by atoms with E-state index in [2.05, 4.69) is 23.2 Å². The van der Waals surface area contributed by atoms with Gasteiger partial charge in [0, 0.05) is 18.8 Å². The van der Waals surface area contributed by atoms with Crippen molar-refractivity contribution in [1.29, 1.82) is 0 Å². The van der Waals surface area contributed by atoms with Gasteiger partial charge in [-0.1, -0.05) is 23.3 Å². The smallest absolute Gasteiger partial charge is 0.159 e. The van der Waals surface area contributed by atoms with Crippen molar-refractivity contribution < 1.29 is 4.79 Å². The van der Waals surface area contributed by atoms with Gasteiger partial charge in [-0.25, -0.2) is 0 Å².